The molecule has 9 heteroatoms. The molecule has 2 aromatic heterocycles. The third kappa shape index (κ3) is 4.20. The quantitative estimate of drug-likeness (QED) is 0.451. The molecule has 2 amide bonds. The van der Waals surface area contributed by atoms with Gasteiger partial charge in [0.05, 0.1) is 24.0 Å². The minimum atomic E-state index is -0.324. The molecular weight excluding hydrogens is 434 g/mol. The molecule has 0 unspecified atom stereocenters. The molecule has 4 heterocycles. The molecule has 6 rings (SSSR count). The first-order chi connectivity index (χ1) is 16.2. The van der Waals surface area contributed by atoms with Gasteiger partial charge in [0, 0.05) is 35.7 Å². The number of nitrogens with one attached hydrogen (secondary N) is 1. The lowest BCUT2D eigenvalue weighted by Gasteiger charge is -2.41. The number of allylic oxidation sites excluding steroid dienone is 3. The fourth-order valence-corrected chi connectivity index (χ4v) is 4.97. The summed E-state index contributed by atoms with van der Waals surface area (Å²) in [4.78, 5) is 35.2. The van der Waals surface area contributed by atoms with Crippen molar-refractivity contribution in [2.75, 3.05) is 6.61 Å². The lowest BCUT2D eigenvalue weighted by molar-refractivity contribution is -0.116. The van der Waals surface area contributed by atoms with Gasteiger partial charge in [0.25, 0.3) is 5.91 Å². The summed E-state index contributed by atoms with van der Waals surface area (Å²) in [5.74, 6) is 0.428. The Hall–Kier alpha value is -3.20. The predicted octanol–water partition coefficient (Wildman–Crippen LogP) is 3.11. The number of aromatic nitrogens is 3. The first-order valence-electron chi connectivity index (χ1n) is 11.8. The topological polar surface area (TPSA) is 98.1 Å². The van der Waals surface area contributed by atoms with Gasteiger partial charge >= 0.3 is 0 Å². The van der Waals surface area contributed by atoms with Gasteiger partial charge in [-0.05, 0) is 65.5 Å². The van der Waals surface area contributed by atoms with Crippen LogP contribution in [0.4, 0.5) is 0 Å². The zero-order valence-corrected chi connectivity index (χ0v) is 20.1. The van der Waals surface area contributed by atoms with Crippen LogP contribution in [0.15, 0.2) is 36.4 Å². The molecule has 0 radical (unpaired) electrons. The maximum Gasteiger partial charge on any atom is 0.262 e. The van der Waals surface area contributed by atoms with Crippen LogP contribution in [0, 0.1) is 0 Å². The summed E-state index contributed by atoms with van der Waals surface area (Å²) in [7, 11) is 0. The molecule has 9 nitrogen and oxygen atoms in total. The van der Waals surface area contributed by atoms with Gasteiger partial charge in [-0.2, -0.15) is 4.98 Å². The summed E-state index contributed by atoms with van der Waals surface area (Å²) in [6.45, 7) is 8.38. The second kappa shape index (κ2) is 8.23. The summed E-state index contributed by atoms with van der Waals surface area (Å²) >= 11 is 0. The van der Waals surface area contributed by atoms with Crippen molar-refractivity contribution in [1.29, 1.82) is 0 Å². The van der Waals surface area contributed by atoms with Crippen molar-refractivity contribution >= 4 is 18.1 Å². The SMILES string of the molecule is C/C(=C\C=C/N(C=O)C1CC1)NC(=O)c1cn2cc(C34COC(C)(C3)C4)nc2nc1OC(C)C. The average Bonchev–Trinajstić information content (AvgIpc) is 3.29. The van der Waals surface area contributed by atoms with E-state index in [1.807, 2.05) is 20.0 Å². The second-order valence-corrected chi connectivity index (χ2v) is 10.3. The van der Waals surface area contributed by atoms with Crippen LogP contribution in [0.3, 0.4) is 0 Å². The molecule has 0 aromatic carbocycles. The normalized spacial score (nSPS) is 26.2. The Morgan fingerprint density at radius 3 is 2.71 bits per heavy atom. The van der Waals surface area contributed by atoms with Gasteiger partial charge in [0.15, 0.2) is 0 Å². The van der Waals surface area contributed by atoms with E-state index in [1.54, 1.807) is 40.8 Å². The number of hydrogen-bond donors (Lipinski definition) is 1. The maximum atomic E-state index is 13.1. The van der Waals surface area contributed by atoms with Crippen molar-refractivity contribution in [3.05, 3.63) is 47.7 Å². The first kappa shape index (κ1) is 22.6. The lowest BCUT2D eigenvalue weighted by Crippen LogP contribution is -2.45. The van der Waals surface area contributed by atoms with Crippen molar-refractivity contribution in [2.24, 2.45) is 0 Å². The number of rotatable bonds is 9. The molecule has 0 spiro atoms. The highest BCUT2D eigenvalue weighted by molar-refractivity contribution is 5.97. The van der Waals surface area contributed by atoms with E-state index in [1.165, 1.54) is 0 Å². The third-order valence-electron chi connectivity index (χ3n) is 6.68. The highest BCUT2D eigenvalue weighted by Crippen LogP contribution is 2.58. The molecule has 2 saturated heterocycles. The van der Waals surface area contributed by atoms with Crippen LogP contribution in [0.25, 0.3) is 5.78 Å². The van der Waals surface area contributed by atoms with Crippen molar-refractivity contribution in [3.8, 4) is 5.88 Å². The van der Waals surface area contributed by atoms with Gasteiger partial charge in [0.1, 0.15) is 5.56 Å². The molecule has 4 aliphatic rings. The molecular formula is C25H31N5O4. The third-order valence-corrected chi connectivity index (χ3v) is 6.68. The van der Waals surface area contributed by atoms with E-state index in [2.05, 4.69) is 17.2 Å². The molecule has 2 aromatic rings. The molecule has 2 aliphatic carbocycles. The largest absolute Gasteiger partial charge is 0.474 e. The van der Waals surface area contributed by atoms with Crippen molar-refractivity contribution in [3.63, 3.8) is 0 Å². The number of fused-ring (bicyclic) bond motifs is 2. The molecule has 180 valence electrons. The van der Waals surface area contributed by atoms with Gasteiger partial charge in [-0.15, -0.1) is 0 Å². The Morgan fingerprint density at radius 2 is 2.09 bits per heavy atom. The Labute approximate surface area is 198 Å². The summed E-state index contributed by atoms with van der Waals surface area (Å²) in [5.41, 5.74) is 1.80. The second-order valence-electron chi connectivity index (χ2n) is 10.3. The molecule has 2 bridgehead atoms. The van der Waals surface area contributed by atoms with Gasteiger partial charge in [0.2, 0.25) is 18.1 Å². The van der Waals surface area contributed by atoms with Gasteiger partial charge in [-0.3, -0.25) is 14.0 Å². The molecule has 34 heavy (non-hydrogen) atoms. The number of hydrogen-bond acceptors (Lipinski definition) is 6. The molecule has 4 fully saturated rings. The summed E-state index contributed by atoms with van der Waals surface area (Å²) in [6, 6.07) is 0.301. The van der Waals surface area contributed by atoms with Crippen molar-refractivity contribution < 1.29 is 19.1 Å². The summed E-state index contributed by atoms with van der Waals surface area (Å²) in [5, 5.41) is 2.88. The number of carbonyl (C=O) groups is 2. The predicted molar refractivity (Wildman–Crippen MR) is 125 cm³/mol. The Bertz CT molecular complexity index is 1190. The van der Waals surface area contributed by atoms with E-state index < -0.39 is 0 Å². The minimum absolute atomic E-state index is 0.0418. The fraction of sp³-hybridized carbons (Fsp3) is 0.520. The van der Waals surface area contributed by atoms with Crippen LogP contribution in [-0.4, -0.2) is 55.9 Å². The molecule has 1 N–H and O–H groups in total. The van der Waals surface area contributed by atoms with Crippen LogP contribution in [-0.2, 0) is 14.9 Å². The highest BCUT2D eigenvalue weighted by atomic mass is 16.5. The lowest BCUT2D eigenvalue weighted by atomic mass is 9.62. The Morgan fingerprint density at radius 1 is 1.32 bits per heavy atom. The molecule has 2 saturated carbocycles. The van der Waals surface area contributed by atoms with Crippen LogP contribution in [0.1, 0.15) is 69.4 Å². The van der Waals surface area contributed by atoms with Crippen LogP contribution < -0.4 is 10.1 Å². The minimum Gasteiger partial charge on any atom is -0.474 e. The van der Waals surface area contributed by atoms with Crippen LogP contribution >= 0.6 is 0 Å². The Kier molecular flexibility index (Phi) is 5.47. The number of imidazole rings is 1. The number of carbonyl (C=O) groups excluding carboxylic acids is 2. The van der Waals surface area contributed by atoms with E-state index >= 15 is 0 Å². The van der Waals surface area contributed by atoms with Gasteiger partial charge in [-0.25, -0.2) is 4.98 Å². The van der Waals surface area contributed by atoms with Crippen molar-refractivity contribution in [1.82, 2.24) is 24.6 Å². The van der Waals surface area contributed by atoms with Crippen LogP contribution in [0.2, 0.25) is 0 Å². The van der Waals surface area contributed by atoms with E-state index in [0.29, 0.717) is 29.7 Å². The van der Waals surface area contributed by atoms with E-state index in [-0.39, 0.29) is 28.9 Å². The monoisotopic (exact) mass is 465 g/mol. The van der Waals surface area contributed by atoms with E-state index in [9.17, 15) is 9.59 Å². The zero-order chi connectivity index (χ0) is 24.1. The number of amides is 2. The van der Waals surface area contributed by atoms with E-state index in [0.717, 1.165) is 37.8 Å². The van der Waals surface area contributed by atoms with Crippen molar-refractivity contribution in [2.45, 2.75) is 76.5 Å². The summed E-state index contributed by atoms with van der Waals surface area (Å²) in [6.07, 6.45) is 13.5. The summed E-state index contributed by atoms with van der Waals surface area (Å²) < 4.78 is 13.6. The highest BCUT2D eigenvalue weighted by Gasteiger charge is 2.61. The van der Waals surface area contributed by atoms with Gasteiger partial charge < -0.3 is 19.7 Å². The van der Waals surface area contributed by atoms with Crippen LogP contribution in [0.5, 0.6) is 5.88 Å². The Balaban J connectivity index is 1.38. The average molecular weight is 466 g/mol. The number of ether oxygens (including phenoxy) is 2. The fourth-order valence-electron chi connectivity index (χ4n) is 4.97. The van der Waals surface area contributed by atoms with E-state index in [4.69, 9.17) is 14.5 Å². The number of nitrogens with zero attached hydrogens (tertiary/aromatic N) is 4. The smallest absolute Gasteiger partial charge is 0.262 e. The standard InChI is InChI=1S/C25H31N5O4/c1-16(2)34-22-19(21(32)26-17(3)6-5-9-29(15-31)18-7-8-18)10-30-11-20(27-23(30)28-22)25-12-24(4,13-25)33-14-25/h5-6,9-11,15-16,18H,7-8,12-14H2,1-4H3,(H,26,32)/b9-5-,17-6+. The zero-order valence-electron chi connectivity index (χ0n) is 20.1. The molecule has 0 atom stereocenters. The first-order valence-corrected chi connectivity index (χ1v) is 11.8. The molecule has 2 aliphatic heterocycles. The maximum absolute atomic E-state index is 13.1. The van der Waals surface area contributed by atoms with Gasteiger partial charge in [-0.1, -0.05) is 0 Å².